The van der Waals surface area contributed by atoms with E-state index in [-0.39, 0.29) is 118 Å². The molecule has 38 heavy (non-hydrogen) atoms. The largest absolute Gasteiger partial charge is 1.00 e. The van der Waals surface area contributed by atoms with Crippen LogP contribution < -0.4 is 109 Å². The molecule has 1 heterocycles. The van der Waals surface area contributed by atoms with E-state index < -0.39 is 19.3 Å². The molecule has 3 unspecified atom stereocenters. The van der Waals surface area contributed by atoms with E-state index in [0.29, 0.717) is 30.3 Å². The van der Waals surface area contributed by atoms with Crippen LogP contribution in [0, 0.1) is 30.1 Å². The predicted molar refractivity (Wildman–Crippen MR) is 127 cm³/mol. The van der Waals surface area contributed by atoms with Crippen molar-refractivity contribution in [2.75, 3.05) is 5.32 Å². The van der Waals surface area contributed by atoms with Crippen LogP contribution in [0.1, 0.15) is 67.4 Å². The first kappa shape index (κ1) is 35.4. The van der Waals surface area contributed by atoms with Crippen LogP contribution in [0.15, 0.2) is 24.4 Å². The molecule has 5 rings (SSSR count). The number of amides is 1. The first-order valence-electron chi connectivity index (χ1n) is 12.3. The molecule has 13 heteroatoms. The van der Waals surface area contributed by atoms with Crippen molar-refractivity contribution in [2.45, 2.75) is 70.8 Å². The average molecular weight is 587 g/mol. The Morgan fingerprint density at radius 3 is 2.66 bits per heavy atom. The van der Waals surface area contributed by atoms with Crippen molar-refractivity contribution in [1.29, 1.82) is 0 Å². The molecular weight excluding hydrogens is 556 g/mol. The molecular formula is C25H30N2Na3O6PS. The zero-order valence-corrected chi connectivity index (χ0v) is 30.6. The van der Waals surface area contributed by atoms with Crippen LogP contribution in [-0.4, -0.2) is 17.0 Å². The number of nitrogens with zero attached hydrogens (tertiary/aromatic N) is 1. The number of thiazole rings is 1. The zero-order valence-electron chi connectivity index (χ0n) is 22.9. The van der Waals surface area contributed by atoms with Crippen LogP contribution in [-0.2, 0) is 20.3 Å². The van der Waals surface area contributed by atoms with Gasteiger partial charge in [-0.15, -0.1) is 17.1 Å². The number of phosphoric ester groups is 1. The van der Waals surface area contributed by atoms with Crippen molar-refractivity contribution >= 4 is 30.2 Å². The summed E-state index contributed by atoms with van der Waals surface area (Å²) in [6.07, 6.45) is 5.70. The fourth-order valence-electron chi connectivity index (χ4n) is 7.32. The van der Waals surface area contributed by atoms with Crippen LogP contribution in [0.4, 0.5) is 5.13 Å². The molecule has 2 saturated carbocycles. The van der Waals surface area contributed by atoms with Crippen LogP contribution in [0.25, 0.3) is 0 Å². The van der Waals surface area contributed by atoms with E-state index in [1.165, 1.54) is 16.9 Å². The second-order valence-electron chi connectivity index (χ2n) is 10.6. The van der Waals surface area contributed by atoms with Gasteiger partial charge in [-0.25, -0.2) is 4.98 Å². The maximum atomic E-state index is 12.7. The summed E-state index contributed by atoms with van der Waals surface area (Å²) in [4.78, 5) is 41.1. The molecule has 1 N–H and O–H groups in total. The third-order valence-electron chi connectivity index (χ3n) is 8.62. The number of hydrogen-bond acceptors (Lipinski definition) is 8. The van der Waals surface area contributed by atoms with Crippen LogP contribution in [0.5, 0.6) is 5.75 Å². The molecule has 0 saturated heterocycles. The molecule has 3 aliphatic rings. The number of carbonyl (C=O) groups is 1. The number of aryl methyl sites for hydroxylation is 2. The number of fused-ring (bicyclic) bond motifs is 5. The van der Waals surface area contributed by atoms with E-state index in [4.69, 9.17) is 4.52 Å². The molecule has 3 aliphatic carbocycles. The molecule has 1 aromatic carbocycles. The number of aromatic nitrogens is 1. The summed E-state index contributed by atoms with van der Waals surface area (Å²) in [7, 11) is -5.14. The number of hydrogen-bond donors (Lipinski definition) is 1. The van der Waals surface area contributed by atoms with Crippen molar-refractivity contribution in [1.82, 2.24) is 4.98 Å². The van der Waals surface area contributed by atoms with Gasteiger partial charge in [-0.3, -0.25) is 4.79 Å². The summed E-state index contributed by atoms with van der Waals surface area (Å²) in [6.45, 7) is 3.99. The van der Waals surface area contributed by atoms with Gasteiger partial charge in [0.25, 0.3) is 0 Å². The van der Waals surface area contributed by atoms with Gasteiger partial charge < -0.3 is 29.3 Å². The van der Waals surface area contributed by atoms with Gasteiger partial charge in [0.15, 0.2) is 5.13 Å². The molecule has 2 aromatic rings. The fourth-order valence-corrected chi connectivity index (χ4v) is 8.64. The Labute approximate surface area is 294 Å². The number of phosphoric acid groups is 1. The standard InChI is InChI=1S/C25H33N2O6PS.3Na/c1-14-13-26-24(35-14)27-22(29)8-4-16-12-21(33-34(30,31)32)25(2)10-9-19-18-7-5-17(28)11-15(18)3-6-20(19)23(16)25;;;/h5,7,11,13,16,19-21,23,28H,3-4,6,8-10,12H2,1-2H3,(H,26,27,29)(H2,30,31,32);;;/q;3*+1/p-3/t16-,19?,20?,21+,23?,25-;;;/m1.../s1. The number of benzene rings is 1. The normalized spacial score (nSPS) is 29.4. The Morgan fingerprint density at radius 2 is 2.00 bits per heavy atom. The quantitative estimate of drug-likeness (QED) is 0.263. The molecule has 0 spiro atoms. The topological polar surface area (TPSA) is 137 Å². The molecule has 0 aliphatic heterocycles. The van der Waals surface area contributed by atoms with Crippen molar-refractivity contribution < 1.29 is 117 Å². The molecule has 0 radical (unpaired) electrons. The summed E-state index contributed by atoms with van der Waals surface area (Å²) >= 11 is 1.42. The first-order valence-corrected chi connectivity index (χ1v) is 14.5. The first-order chi connectivity index (χ1) is 16.5. The van der Waals surface area contributed by atoms with E-state index in [9.17, 15) is 24.3 Å². The molecule has 190 valence electrons. The minimum absolute atomic E-state index is 0. The smallest absolute Gasteiger partial charge is 0.872 e. The van der Waals surface area contributed by atoms with Crippen molar-refractivity contribution in [3.8, 4) is 5.75 Å². The summed E-state index contributed by atoms with van der Waals surface area (Å²) in [5.41, 5.74) is 1.89. The van der Waals surface area contributed by atoms with Gasteiger partial charge in [0, 0.05) is 17.5 Å². The van der Waals surface area contributed by atoms with E-state index in [1.54, 1.807) is 18.3 Å². The average Bonchev–Trinajstić information content (AvgIpc) is 3.30. The Balaban J connectivity index is 0.00000169. The minimum Gasteiger partial charge on any atom is -0.872 e. The van der Waals surface area contributed by atoms with Gasteiger partial charge in [0.2, 0.25) is 5.91 Å². The van der Waals surface area contributed by atoms with Gasteiger partial charge in [0.1, 0.15) is 0 Å². The van der Waals surface area contributed by atoms with Gasteiger partial charge in [-0.05, 0) is 85.7 Å². The number of anilines is 1. The SMILES string of the molecule is Cc1cnc(NC(=O)CC[C@@H]2C[C@H](OP(=O)([O-])[O-])[C@@]3(C)CCC4c5ccc([O-])cc5CCC4C23)s1.[Na+].[Na+].[Na+]. The van der Waals surface area contributed by atoms with E-state index >= 15 is 0 Å². The Bertz CT molecular complexity index is 1180. The number of rotatable bonds is 6. The molecule has 1 aromatic heterocycles. The molecule has 1 amide bonds. The Hall–Kier alpha value is 1.23. The monoisotopic (exact) mass is 586 g/mol. The van der Waals surface area contributed by atoms with Gasteiger partial charge in [-0.2, -0.15) is 0 Å². The van der Waals surface area contributed by atoms with Gasteiger partial charge >= 0.3 is 88.7 Å². The Kier molecular flexibility index (Phi) is 13.2. The molecule has 6 atom stereocenters. The maximum Gasteiger partial charge on any atom is 1.00 e. The molecule has 8 nitrogen and oxygen atoms in total. The van der Waals surface area contributed by atoms with E-state index in [1.807, 2.05) is 13.0 Å². The summed E-state index contributed by atoms with van der Waals surface area (Å²) in [6, 6.07) is 5.33. The number of carbonyl (C=O) groups excluding carboxylic acids is 1. The van der Waals surface area contributed by atoms with Crippen molar-refractivity contribution in [2.24, 2.45) is 23.2 Å². The van der Waals surface area contributed by atoms with E-state index in [2.05, 4.69) is 17.2 Å². The minimum atomic E-state index is -5.14. The van der Waals surface area contributed by atoms with Crippen LogP contribution in [0.3, 0.4) is 0 Å². The molecule has 2 fully saturated rings. The van der Waals surface area contributed by atoms with E-state index in [0.717, 1.165) is 36.1 Å². The summed E-state index contributed by atoms with van der Waals surface area (Å²) < 4.78 is 16.8. The van der Waals surface area contributed by atoms with Crippen LogP contribution >= 0.6 is 19.2 Å². The predicted octanol–water partition coefficient (Wildman–Crippen LogP) is -5.75. The van der Waals surface area contributed by atoms with Gasteiger partial charge in [0.05, 0.1) is 13.9 Å². The third kappa shape index (κ3) is 7.59. The van der Waals surface area contributed by atoms with Gasteiger partial charge in [-0.1, -0.05) is 25.1 Å². The number of nitrogens with one attached hydrogen (secondary N) is 1. The summed E-state index contributed by atoms with van der Waals surface area (Å²) in [5, 5.41) is 15.3. The van der Waals surface area contributed by atoms with Crippen molar-refractivity contribution in [3.63, 3.8) is 0 Å². The second kappa shape index (κ2) is 14.1. The Morgan fingerprint density at radius 1 is 1.26 bits per heavy atom. The zero-order chi connectivity index (χ0) is 25.0. The molecule has 0 bridgehead atoms. The second-order valence-corrected chi connectivity index (χ2v) is 13.0. The summed E-state index contributed by atoms with van der Waals surface area (Å²) in [5.74, 6) is 0.685. The third-order valence-corrected chi connectivity index (χ3v) is 9.96. The maximum absolute atomic E-state index is 12.7. The van der Waals surface area contributed by atoms with Crippen LogP contribution in [0.2, 0.25) is 0 Å². The fraction of sp³-hybridized carbons (Fsp3) is 0.600. The van der Waals surface area contributed by atoms with Crippen molar-refractivity contribution in [3.05, 3.63) is 40.4 Å².